The second-order valence-corrected chi connectivity index (χ2v) is 10.2. The Morgan fingerprint density at radius 1 is 0.972 bits per heavy atom. The van der Waals surface area contributed by atoms with E-state index in [0.717, 1.165) is 46.6 Å². The van der Waals surface area contributed by atoms with Gasteiger partial charge in [0.25, 0.3) is 0 Å². The van der Waals surface area contributed by atoms with Crippen molar-refractivity contribution in [2.75, 3.05) is 19.8 Å². The van der Waals surface area contributed by atoms with Gasteiger partial charge in [-0.1, -0.05) is 58.6 Å². The lowest BCUT2D eigenvalue weighted by atomic mass is 9.76. The number of aromatic hydroxyl groups is 1. The Morgan fingerprint density at radius 2 is 1.56 bits per heavy atom. The van der Waals surface area contributed by atoms with Crippen molar-refractivity contribution in [2.45, 2.75) is 74.1 Å². The molecule has 0 aliphatic heterocycles. The molecule has 0 saturated heterocycles. The Kier molecular flexibility index (Phi) is 12.8. The van der Waals surface area contributed by atoms with Crippen LogP contribution < -0.4 is 9.47 Å². The maximum absolute atomic E-state index is 10.8. The molecule has 36 heavy (non-hydrogen) atoms. The predicted molar refractivity (Wildman–Crippen MR) is 153 cm³/mol. The molecule has 0 radical (unpaired) electrons. The molecular weight excluding hydrogens is 448 g/mol. The Labute approximate surface area is 219 Å². The SMILES string of the molecule is C=CCOc1c(C)c(C)c(O)c(CCC(C)COc2ccc(C(C)C(C)(C)C=C)cc2)c1C.CCO. The van der Waals surface area contributed by atoms with Gasteiger partial charge in [-0.3, -0.25) is 0 Å². The number of hydrogen-bond donors (Lipinski definition) is 2. The average molecular weight is 497 g/mol. The number of hydrogen-bond acceptors (Lipinski definition) is 4. The molecule has 2 N–H and O–H groups in total. The molecule has 200 valence electrons. The van der Waals surface area contributed by atoms with Crippen LogP contribution in [0.25, 0.3) is 0 Å². The highest BCUT2D eigenvalue weighted by atomic mass is 16.5. The summed E-state index contributed by atoms with van der Waals surface area (Å²) in [5, 5.41) is 18.3. The fourth-order valence-corrected chi connectivity index (χ4v) is 4.01. The Hall–Kier alpha value is -2.72. The molecule has 2 aromatic rings. The number of phenolic OH excluding ortho intramolecular Hbond substituents is 1. The highest BCUT2D eigenvalue weighted by Gasteiger charge is 2.23. The Bertz CT molecular complexity index is 973. The van der Waals surface area contributed by atoms with Crippen molar-refractivity contribution in [3.63, 3.8) is 0 Å². The summed E-state index contributed by atoms with van der Waals surface area (Å²) < 4.78 is 12.0. The molecule has 0 aliphatic rings. The maximum Gasteiger partial charge on any atom is 0.126 e. The highest BCUT2D eigenvalue weighted by Crippen LogP contribution is 2.38. The van der Waals surface area contributed by atoms with E-state index in [0.29, 0.717) is 30.8 Å². The molecule has 0 aromatic heterocycles. The van der Waals surface area contributed by atoms with Crippen LogP contribution in [0.15, 0.2) is 49.6 Å². The number of ether oxygens (including phenoxy) is 2. The molecule has 0 amide bonds. The van der Waals surface area contributed by atoms with Gasteiger partial charge in [0.1, 0.15) is 23.9 Å². The minimum atomic E-state index is 0.0471. The highest BCUT2D eigenvalue weighted by molar-refractivity contribution is 5.57. The lowest BCUT2D eigenvalue weighted by molar-refractivity contribution is 0.252. The minimum Gasteiger partial charge on any atom is -0.507 e. The first kappa shape index (κ1) is 31.3. The zero-order valence-corrected chi connectivity index (χ0v) is 23.8. The smallest absolute Gasteiger partial charge is 0.126 e. The average Bonchev–Trinajstić information content (AvgIpc) is 2.86. The summed E-state index contributed by atoms with van der Waals surface area (Å²) in [4.78, 5) is 0. The number of allylic oxidation sites excluding steroid dienone is 1. The lowest BCUT2D eigenvalue weighted by Gasteiger charge is -2.28. The molecule has 0 heterocycles. The standard InChI is InChI=1S/C30H42O3.C2H6O/c1-10-18-32-29-22(5)21(4)28(31)27(23(29)6)17-12-20(3)19-33-26-15-13-25(14-16-26)24(7)30(8,9)11-2;1-2-3/h10-11,13-16,20,24,31H,1-2,12,17-19H2,3-9H3;3H,2H2,1H3. The van der Waals surface area contributed by atoms with Crippen molar-refractivity contribution in [3.05, 3.63) is 77.4 Å². The van der Waals surface area contributed by atoms with Gasteiger partial charge in [-0.05, 0) is 92.2 Å². The summed E-state index contributed by atoms with van der Waals surface area (Å²) >= 11 is 0. The van der Waals surface area contributed by atoms with Gasteiger partial charge in [-0.2, -0.15) is 0 Å². The largest absolute Gasteiger partial charge is 0.507 e. The molecule has 4 heteroatoms. The molecule has 2 aromatic carbocycles. The third-order valence-electron chi connectivity index (χ3n) is 7.13. The van der Waals surface area contributed by atoms with Crippen LogP contribution in [0.1, 0.15) is 74.8 Å². The van der Waals surface area contributed by atoms with Gasteiger partial charge in [0.2, 0.25) is 0 Å². The van der Waals surface area contributed by atoms with Gasteiger partial charge in [0.15, 0.2) is 0 Å². The van der Waals surface area contributed by atoms with Crippen molar-refractivity contribution >= 4 is 0 Å². The number of aliphatic hydroxyl groups is 1. The van der Waals surface area contributed by atoms with Crippen LogP contribution in [-0.2, 0) is 6.42 Å². The summed E-state index contributed by atoms with van der Waals surface area (Å²) in [7, 11) is 0. The number of aliphatic hydroxyl groups excluding tert-OH is 1. The van der Waals surface area contributed by atoms with E-state index in [-0.39, 0.29) is 12.0 Å². The van der Waals surface area contributed by atoms with Crippen molar-refractivity contribution < 1.29 is 19.7 Å². The van der Waals surface area contributed by atoms with E-state index in [1.807, 2.05) is 26.8 Å². The van der Waals surface area contributed by atoms with E-state index in [1.165, 1.54) is 5.56 Å². The molecule has 2 rings (SSSR count). The van der Waals surface area contributed by atoms with Crippen LogP contribution in [-0.4, -0.2) is 30.0 Å². The third kappa shape index (κ3) is 8.44. The molecule has 4 nitrogen and oxygen atoms in total. The van der Waals surface area contributed by atoms with Crippen LogP contribution in [0.4, 0.5) is 0 Å². The van der Waals surface area contributed by atoms with Crippen molar-refractivity contribution in [3.8, 4) is 17.2 Å². The molecule has 2 unspecified atom stereocenters. The van der Waals surface area contributed by atoms with Crippen molar-refractivity contribution in [1.82, 2.24) is 0 Å². The maximum atomic E-state index is 10.8. The summed E-state index contributed by atoms with van der Waals surface area (Å²) in [6, 6.07) is 8.41. The van der Waals surface area contributed by atoms with Gasteiger partial charge < -0.3 is 19.7 Å². The number of benzene rings is 2. The fraction of sp³-hybridized carbons (Fsp3) is 0.500. The molecule has 0 saturated carbocycles. The van der Waals surface area contributed by atoms with E-state index >= 15 is 0 Å². The van der Waals surface area contributed by atoms with Crippen LogP contribution in [0.3, 0.4) is 0 Å². The number of rotatable bonds is 12. The normalized spacial score (nSPS) is 12.7. The van der Waals surface area contributed by atoms with E-state index < -0.39 is 0 Å². The quantitative estimate of drug-likeness (QED) is 0.294. The molecule has 0 spiro atoms. The lowest BCUT2D eigenvalue weighted by Crippen LogP contribution is -2.16. The molecular formula is C32H48O4. The van der Waals surface area contributed by atoms with Crippen LogP contribution >= 0.6 is 0 Å². The first-order valence-corrected chi connectivity index (χ1v) is 13.0. The first-order chi connectivity index (χ1) is 16.9. The van der Waals surface area contributed by atoms with Crippen LogP contribution in [0.2, 0.25) is 0 Å². The van der Waals surface area contributed by atoms with Crippen molar-refractivity contribution in [2.24, 2.45) is 11.3 Å². The predicted octanol–water partition coefficient (Wildman–Crippen LogP) is 7.84. The first-order valence-electron chi connectivity index (χ1n) is 13.0. The Morgan fingerprint density at radius 3 is 2.08 bits per heavy atom. The second kappa shape index (κ2) is 14.7. The van der Waals surface area contributed by atoms with Gasteiger partial charge in [0, 0.05) is 12.2 Å². The van der Waals surface area contributed by atoms with Crippen molar-refractivity contribution in [1.29, 1.82) is 0 Å². The second-order valence-electron chi connectivity index (χ2n) is 10.2. The molecule has 0 aliphatic carbocycles. The van der Waals surface area contributed by atoms with E-state index in [1.54, 1.807) is 13.0 Å². The monoisotopic (exact) mass is 496 g/mol. The van der Waals surface area contributed by atoms with Crippen LogP contribution in [0.5, 0.6) is 17.2 Å². The van der Waals surface area contributed by atoms with E-state index in [4.69, 9.17) is 14.6 Å². The summed E-state index contributed by atoms with van der Waals surface area (Å²) in [6.45, 7) is 25.5. The zero-order valence-electron chi connectivity index (χ0n) is 23.8. The molecule has 0 fully saturated rings. The molecule has 2 atom stereocenters. The van der Waals surface area contributed by atoms with Gasteiger partial charge >= 0.3 is 0 Å². The van der Waals surface area contributed by atoms with E-state index in [9.17, 15) is 5.11 Å². The molecule has 0 bridgehead atoms. The zero-order chi connectivity index (χ0) is 27.5. The fourth-order valence-electron chi connectivity index (χ4n) is 4.01. The van der Waals surface area contributed by atoms with Gasteiger partial charge in [-0.15, -0.1) is 6.58 Å². The minimum absolute atomic E-state index is 0.0471. The van der Waals surface area contributed by atoms with Gasteiger partial charge in [-0.25, -0.2) is 0 Å². The summed E-state index contributed by atoms with van der Waals surface area (Å²) in [6.07, 6.45) is 5.46. The Balaban J connectivity index is 0.00000205. The topological polar surface area (TPSA) is 58.9 Å². The van der Waals surface area contributed by atoms with Crippen LogP contribution in [0, 0.1) is 32.1 Å². The third-order valence-corrected chi connectivity index (χ3v) is 7.13. The van der Waals surface area contributed by atoms with E-state index in [2.05, 4.69) is 65.1 Å². The summed E-state index contributed by atoms with van der Waals surface area (Å²) in [5.41, 5.74) is 5.18. The van der Waals surface area contributed by atoms with Gasteiger partial charge in [0.05, 0.1) is 6.61 Å². The summed E-state index contributed by atoms with van der Waals surface area (Å²) in [5.74, 6) is 2.87. The number of phenols is 1.